The lowest BCUT2D eigenvalue weighted by Gasteiger charge is -2.33. The van der Waals surface area contributed by atoms with Gasteiger partial charge in [0, 0.05) is 38.9 Å². The summed E-state index contributed by atoms with van der Waals surface area (Å²) in [6, 6.07) is 8.27. The van der Waals surface area contributed by atoms with Crippen LogP contribution in [0.1, 0.15) is 0 Å². The van der Waals surface area contributed by atoms with Gasteiger partial charge in [0.1, 0.15) is 11.6 Å². The number of fused-ring (bicyclic) bond motifs is 1. The van der Waals surface area contributed by atoms with Gasteiger partial charge in [0.2, 0.25) is 10.0 Å². The number of halogens is 2. The van der Waals surface area contributed by atoms with Crippen LogP contribution >= 0.6 is 0 Å². The van der Waals surface area contributed by atoms with Gasteiger partial charge in [0.05, 0.1) is 6.54 Å². The molecule has 29 heavy (non-hydrogen) atoms. The van der Waals surface area contributed by atoms with Crippen molar-refractivity contribution in [1.82, 2.24) is 23.4 Å². The van der Waals surface area contributed by atoms with Crippen molar-refractivity contribution in [3.63, 3.8) is 0 Å². The van der Waals surface area contributed by atoms with E-state index in [1.165, 1.54) is 9.08 Å². The molecule has 0 spiro atoms. The average molecular weight is 423 g/mol. The maximum Gasteiger partial charge on any atom is 0.350 e. The highest BCUT2D eigenvalue weighted by Crippen LogP contribution is 2.23. The number of hydrogen-bond donors (Lipinski definition) is 0. The van der Waals surface area contributed by atoms with Crippen molar-refractivity contribution in [2.45, 2.75) is 11.4 Å². The van der Waals surface area contributed by atoms with Crippen LogP contribution in [0.4, 0.5) is 8.78 Å². The molecule has 0 aliphatic carbocycles. The minimum atomic E-state index is -4.25. The number of nitrogens with zero attached hydrogens (tertiary/aromatic N) is 5. The van der Waals surface area contributed by atoms with Crippen molar-refractivity contribution < 1.29 is 17.2 Å². The SMILES string of the molecule is O=c1n(CCN2CCN(S(=O)(=O)c3c(F)cccc3F)CC2)nc2ccccn12. The molecule has 154 valence electrons. The molecule has 0 amide bonds. The van der Waals surface area contributed by atoms with E-state index < -0.39 is 26.6 Å². The second-order valence-corrected chi connectivity index (χ2v) is 8.61. The predicted octanol–water partition coefficient (Wildman–Crippen LogP) is 0.781. The molecule has 0 atom stereocenters. The zero-order valence-corrected chi connectivity index (χ0v) is 16.2. The molecule has 0 bridgehead atoms. The number of aromatic nitrogens is 3. The van der Waals surface area contributed by atoms with Crippen LogP contribution < -0.4 is 5.69 Å². The first-order chi connectivity index (χ1) is 13.9. The maximum atomic E-state index is 13.9. The predicted molar refractivity (Wildman–Crippen MR) is 101 cm³/mol. The van der Waals surface area contributed by atoms with Gasteiger partial charge >= 0.3 is 5.69 Å². The van der Waals surface area contributed by atoms with E-state index in [1.807, 2.05) is 4.90 Å². The van der Waals surface area contributed by atoms with Crippen LogP contribution in [-0.4, -0.2) is 64.5 Å². The van der Waals surface area contributed by atoms with E-state index in [4.69, 9.17) is 0 Å². The van der Waals surface area contributed by atoms with Crippen molar-refractivity contribution in [3.05, 3.63) is 64.7 Å². The molecule has 1 aliphatic rings. The third kappa shape index (κ3) is 3.68. The van der Waals surface area contributed by atoms with E-state index in [9.17, 15) is 22.0 Å². The molecule has 3 heterocycles. The van der Waals surface area contributed by atoms with Gasteiger partial charge in [-0.2, -0.15) is 4.31 Å². The largest absolute Gasteiger partial charge is 0.350 e. The summed E-state index contributed by atoms with van der Waals surface area (Å²) in [6.07, 6.45) is 1.65. The highest BCUT2D eigenvalue weighted by atomic mass is 32.2. The van der Waals surface area contributed by atoms with E-state index in [0.29, 0.717) is 31.8 Å². The van der Waals surface area contributed by atoms with Gasteiger partial charge in [-0.15, -0.1) is 5.10 Å². The van der Waals surface area contributed by atoms with Gasteiger partial charge in [-0.25, -0.2) is 26.7 Å². The van der Waals surface area contributed by atoms with Gasteiger partial charge in [-0.1, -0.05) is 12.1 Å². The molecular weight excluding hydrogens is 404 g/mol. The molecule has 1 fully saturated rings. The summed E-state index contributed by atoms with van der Waals surface area (Å²) in [5.74, 6) is -2.20. The Labute approximate surface area is 165 Å². The maximum absolute atomic E-state index is 13.9. The number of rotatable bonds is 5. The second kappa shape index (κ2) is 7.65. The van der Waals surface area contributed by atoms with Gasteiger partial charge < -0.3 is 0 Å². The first-order valence-corrected chi connectivity index (χ1v) is 10.5. The van der Waals surface area contributed by atoms with Crippen LogP contribution in [0.5, 0.6) is 0 Å². The molecule has 1 aromatic carbocycles. The highest BCUT2D eigenvalue weighted by molar-refractivity contribution is 7.89. The topological polar surface area (TPSA) is 79.9 Å². The molecule has 0 unspecified atom stereocenters. The lowest BCUT2D eigenvalue weighted by molar-refractivity contribution is 0.180. The number of piperazine rings is 1. The Kier molecular flexibility index (Phi) is 5.19. The first-order valence-electron chi connectivity index (χ1n) is 9.08. The third-order valence-corrected chi connectivity index (χ3v) is 6.92. The smallest absolute Gasteiger partial charge is 0.299 e. The van der Waals surface area contributed by atoms with Crippen molar-refractivity contribution in [2.75, 3.05) is 32.7 Å². The Balaban J connectivity index is 1.40. The summed E-state index contributed by atoms with van der Waals surface area (Å²) in [4.78, 5) is 13.4. The summed E-state index contributed by atoms with van der Waals surface area (Å²) in [5, 5.41) is 4.26. The second-order valence-electron chi connectivity index (χ2n) is 6.73. The molecule has 11 heteroatoms. The Bertz CT molecular complexity index is 1180. The lowest BCUT2D eigenvalue weighted by Crippen LogP contribution is -2.49. The zero-order valence-electron chi connectivity index (χ0n) is 15.4. The molecule has 8 nitrogen and oxygen atoms in total. The minimum Gasteiger partial charge on any atom is -0.299 e. The van der Waals surface area contributed by atoms with Crippen molar-refractivity contribution in [2.24, 2.45) is 0 Å². The van der Waals surface area contributed by atoms with Crippen LogP contribution in [0, 0.1) is 11.6 Å². The minimum absolute atomic E-state index is 0.107. The lowest BCUT2D eigenvalue weighted by atomic mass is 10.3. The van der Waals surface area contributed by atoms with Gasteiger partial charge in [-0.05, 0) is 24.3 Å². The molecule has 1 saturated heterocycles. The zero-order chi connectivity index (χ0) is 20.6. The molecule has 0 N–H and O–H groups in total. The van der Waals surface area contributed by atoms with Gasteiger partial charge in [0.25, 0.3) is 0 Å². The highest BCUT2D eigenvalue weighted by Gasteiger charge is 2.33. The third-order valence-electron chi connectivity index (χ3n) is 4.96. The van der Waals surface area contributed by atoms with Gasteiger partial charge in [0.15, 0.2) is 10.5 Å². The van der Waals surface area contributed by atoms with E-state index in [0.717, 1.165) is 22.5 Å². The number of sulfonamides is 1. The van der Waals surface area contributed by atoms with E-state index in [2.05, 4.69) is 5.10 Å². The summed E-state index contributed by atoms with van der Waals surface area (Å²) in [5.41, 5.74) is 0.317. The quantitative estimate of drug-likeness (QED) is 0.606. The summed E-state index contributed by atoms with van der Waals surface area (Å²) in [7, 11) is -4.25. The van der Waals surface area contributed by atoms with E-state index >= 15 is 0 Å². The standard InChI is InChI=1S/C18H19F2N5O3S/c19-14-4-3-5-15(20)17(14)29(27,28)23-11-8-22(9-12-23)10-13-25-18(26)24-7-2-1-6-16(24)21-25/h1-7H,8-13H2. The normalized spacial score (nSPS) is 16.5. The number of pyridine rings is 1. The first kappa shape index (κ1) is 19.7. The number of hydrogen-bond acceptors (Lipinski definition) is 5. The fourth-order valence-electron chi connectivity index (χ4n) is 3.40. The van der Waals surface area contributed by atoms with Crippen LogP contribution in [-0.2, 0) is 16.6 Å². The van der Waals surface area contributed by atoms with Crippen LogP contribution in [0.3, 0.4) is 0 Å². The Morgan fingerprint density at radius 3 is 2.28 bits per heavy atom. The molecule has 2 aromatic heterocycles. The molecule has 0 radical (unpaired) electrons. The molecule has 0 saturated carbocycles. The monoisotopic (exact) mass is 423 g/mol. The fourth-order valence-corrected chi connectivity index (χ4v) is 4.93. The Morgan fingerprint density at radius 2 is 1.62 bits per heavy atom. The van der Waals surface area contributed by atoms with Gasteiger partial charge in [-0.3, -0.25) is 9.30 Å². The Hall–Kier alpha value is -2.63. The summed E-state index contributed by atoms with van der Waals surface area (Å²) < 4.78 is 57.0. The molecular formula is C18H19F2N5O3S. The van der Waals surface area contributed by atoms with Crippen molar-refractivity contribution >= 4 is 15.7 Å². The van der Waals surface area contributed by atoms with Crippen LogP contribution in [0.15, 0.2) is 52.3 Å². The summed E-state index contributed by atoms with van der Waals surface area (Å²) in [6.45, 7) is 1.85. The number of benzene rings is 1. The Morgan fingerprint density at radius 1 is 0.931 bits per heavy atom. The molecule has 1 aliphatic heterocycles. The van der Waals surface area contributed by atoms with Crippen LogP contribution in [0.25, 0.3) is 5.65 Å². The van der Waals surface area contributed by atoms with E-state index in [-0.39, 0.29) is 18.8 Å². The van der Waals surface area contributed by atoms with Crippen molar-refractivity contribution in [3.8, 4) is 0 Å². The van der Waals surface area contributed by atoms with Crippen LogP contribution in [0.2, 0.25) is 0 Å². The van der Waals surface area contributed by atoms with Crippen molar-refractivity contribution in [1.29, 1.82) is 0 Å². The average Bonchev–Trinajstić information content (AvgIpc) is 3.02. The summed E-state index contributed by atoms with van der Waals surface area (Å²) >= 11 is 0. The molecule has 3 aromatic rings. The van der Waals surface area contributed by atoms with E-state index in [1.54, 1.807) is 24.4 Å². The fraction of sp³-hybridized carbons (Fsp3) is 0.333. The molecule has 4 rings (SSSR count).